The zero-order chi connectivity index (χ0) is 14.2. The highest BCUT2D eigenvalue weighted by Gasteiger charge is 2.16. The maximum absolute atomic E-state index is 9.24. The topological polar surface area (TPSA) is 35.8 Å². The lowest BCUT2D eigenvalue weighted by Gasteiger charge is -2.21. The molecule has 2 nitrogen and oxygen atoms in total. The minimum Gasteiger partial charge on any atom is -0.288 e. The summed E-state index contributed by atoms with van der Waals surface area (Å²) in [6, 6.07) is 22.4. The van der Waals surface area contributed by atoms with Crippen molar-refractivity contribution in [2.75, 3.05) is 0 Å². The molecule has 0 aliphatic carbocycles. The molecule has 0 fully saturated rings. The molecule has 2 heteroatoms. The molecule has 0 amide bonds. The number of allylic oxidation sites excluding steroid dienone is 1. The average Bonchev–Trinajstić information content (AvgIpc) is 2.53. The standard InChI is InChI=1S/C18H18N2/c1-2-9-17(14-19)20-18(15-10-5-3-6-11-15)16-12-7-4-8-13-16/h2-13,17-18,20H,1H3/b9-2+/t17-/m0/s1. The van der Waals surface area contributed by atoms with Crippen LogP contribution in [-0.2, 0) is 0 Å². The largest absolute Gasteiger partial charge is 0.288 e. The maximum atomic E-state index is 9.24. The van der Waals surface area contributed by atoms with Gasteiger partial charge in [0.05, 0.1) is 12.1 Å². The summed E-state index contributed by atoms with van der Waals surface area (Å²) in [5.74, 6) is 0. The molecule has 1 atom stereocenters. The Morgan fingerprint density at radius 2 is 1.45 bits per heavy atom. The number of nitrogens with one attached hydrogen (secondary N) is 1. The van der Waals surface area contributed by atoms with E-state index in [2.05, 4.69) is 35.7 Å². The maximum Gasteiger partial charge on any atom is 0.115 e. The number of nitrogens with zero attached hydrogens (tertiary/aromatic N) is 1. The molecule has 0 aromatic heterocycles. The molecule has 1 N–H and O–H groups in total. The number of benzene rings is 2. The third kappa shape index (κ3) is 3.57. The van der Waals surface area contributed by atoms with Gasteiger partial charge in [0.2, 0.25) is 0 Å². The Morgan fingerprint density at radius 1 is 0.950 bits per heavy atom. The van der Waals surface area contributed by atoms with Gasteiger partial charge in [0.15, 0.2) is 0 Å². The van der Waals surface area contributed by atoms with Crippen LogP contribution in [0.2, 0.25) is 0 Å². The zero-order valence-electron chi connectivity index (χ0n) is 11.5. The molecule has 0 aliphatic rings. The molecule has 0 unspecified atom stereocenters. The van der Waals surface area contributed by atoms with Gasteiger partial charge in [0.1, 0.15) is 6.04 Å². The van der Waals surface area contributed by atoms with E-state index in [4.69, 9.17) is 0 Å². The fraction of sp³-hybridized carbons (Fsp3) is 0.167. The lowest BCUT2D eigenvalue weighted by molar-refractivity contribution is 0.598. The van der Waals surface area contributed by atoms with E-state index in [0.29, 0.717) is 0 Å². The summed E-state index contributed by atoms with van der Waals surface area (Å²) in [4.78, 5) is 0. The van der Waals surface area contributed by atoms with Crippen LogP contribution in [0.15, 0.2) is 72.8 Å². The Morgan fingerprint density at radius 3 is 1.85 bits per heavy atom. The highest BCUT2D eigenvalue weighted by Crippen LogP contribution is 2.22. The van der Waals surface area contributed by atoms with Gasteiger partial charge >= 0.3 is 0 Å². The Labute approximate surface area is 120 Å². The van der Waals surface area contributed by atoms with Crippen molar-refractivity contribution in [2.45, 2.75) is 19.0 Å². The SMILES string of the molecule is C/C=C/[C@@H](C#N)NC(c1ccccc1)c1ccccc1. The van der Waals surface area contributed by atoms with E-state index in [1.807, 2.05) is 55.5 Å². The summed E-state index contributed by atoms with van der Waals surface area (Å²) < 4.78 is 0. The van der Waals surface area contributed by atoms with Crippen LogP contribution in [-0.4, -0.2) is 6.04 Å². The third-order valence-electron chi connectivity index (χ3n) is 3.14. The monoisotopic (exact) mass is 262 g/mol. The molecule has 20 heavy (non-hydrogen) atoms. The first-order valence-corrected chi connectivity index (χ1v) is 6.73. The van der Waals surface area contributed by atoms with E-state index in [1.54, 1.807) is 0 Å². The number of hydrogen-bond acceptors (Lipinski definition) is 2. The molecule has 0 aliphatic heterocycles. The molecule has 100 valence electrons. The third-order valence-corrected chi connectivity index (χ3v) is 3.14. The van der Waals surface area contributed by atoms with Crippen molar-refractivity contribution >= 4 is 0 Å². The van der Waals surface area contributed by atoms with Gasteiger partial charge in [0, 0.05) is 0 Å². The van der Waals surface area contributed by atoms with E-state index in [-0.39, 0.29) is 12.1 Å². The molecule has 0 bridgehead atoms. The highest BCUT2D eigenvalue weighted by molar-refractivity contribution is 5.32. The van der Waals surface area contributed by atoms with Crippen molar-refractivity contribution in [1.29, 1.82) is 5.26 Å². The van der Waals surface area contributed by atoms with E-state index in [0.717, 1.165) is 11.1 Å². The zero-order valence-corrected chi connectivity index (χ0v) is 11.5. The van der Waals surface area contributed by atoms with E-state index >= 15 is 0 Å². The highest BCUT2D eigenvalue weighted by atomic mass is 14.9. The van der Waals surface area contributed by atoms with Gasteiger partial charge in [-0.2, -0.15) is 5.26 Å². The van der Waals surface area contributed by atoms with Crippen molar-refractivity contribution in [2.24, 2.45) is 0 Å². The number of hydrogen-bond donors (Lipinski definition) is 1. The number of rotatable bonds is 5. The van der Waals surface area contributed by atoms with Crippen LogP contribution in [0.4, 0.5) is 0 Å². The lowest BCUT2D eigenvalue weighted by Crippen LogP contribution is -2.31. The average molecular weight is 262 g/mol. The molecule has 2 rings (SSSR count). The van der Waals surface area contributed by atoms with Gasteiger partial charge in [-0.25, -0.2) is 0 Å². The van der Waals surface area contributed by atoms with E-state index in [9.17, 15) is 5.26 Å². The van der Waals surface area contributed by atoms with Crippen LogP contribution in [0.25, 0.3) is 0 Å². The first-order chi connectivity index (χ1) is 9.85. The second-order valence-corrected chi connectivity index (χ2v) is 4.55. The van der Waals surface area contributed by atoms with Gasteiger partial charge in [-0.1, -0.05) is 72.8 Å². The molecule has 2 aromatic carbocycles. The van der Waals surface area contributed by atoms with Gasteiger partial charge in [-0.05, 0) is 18.1 Å². The van der Waals surface area contributed by atoms with E-state index in [1.165, 1.54) is 0 Å². The second-order valence-electron chi connectivity index (χ2n) is 4.55. The first kappa shape index (κ1) is 14.0. The Kier molecular flexibility index (Phi) is 5.11. The molecule has 0 radical (unpaired) electrons. The summed E-state index contributed by atoms with van der Waals surface area (Å²) in [6.07, 6.45) is 3.77. The van der Waals surface area contributed by atoms with Crippen LogP contribution in [0.1, 0.15) is 24.1 Å². The van der Waals surface area contributed by atoms with Crippen LogP contribution in [0.3, 0.4) is 0 Å². The quantitative estimate of drug-likeness (QED) is 0.831. The van der Waals surface area contributed by atoms with E-state index < -0.39 is 0 Å². The van der Waals surface area contributed by atoms with Crippen molar-refractivity contribution < 1.29 is 0 Å². The fourth-order valence-electron chi connectivity index (χ4n) is 2.18. The Hall–Kier alpha value is -2.37. The summed E-state index contributed by atoms with van der Waals surface area (Å²) in [7, 11) is 0. The summed E-state index contributed by atoms with van der Waals surface area (Å²) in [5.41, 5.74) is 2.31. The fourth-order valence-corrected chi connectivity index (χ4v) is 2.18. The number of nitriles is 1. The van der Waals surface area contributed by atoms with Crippen LogP contribution < -0.4 is 5.32 Å². The minimum atomic E-state index is -0.301. The first-order valence-electron chi connectivity index (χ1n) is 6.73. The van der Waals surface area contributed by atoms with Crippen molar-refractivity contribution in [3.63, 3.8) is 0 Å². The molecule has 2 aromatic rings. The van der Waals surface area contributed by atoms with Gasteiger partial charge < -0.3 is 0 Å². The lowest BCUT2D eigenvalue weighted by atomic mass is 9.98. The molecule has 0 spiro atoms. The van der Waals surface area contributed by atoms with Gasteiger partial charge in [-0.3, -0.25) is 5.32 Å². The predicted molar refractivity (Wildman–Crippen MR) is 82.1 cm³/mol. The summed E-state index contributed by atoms with van der Waals surface area (Å²) >= 11 is 0. The predicted octanol–water partition coefficient (Wildman–Crippen LogP) is 3.83. The molecular weight excluding hydrogens is 244 g/mol. The van der Waals surface area contributed by atoms with Gasteiger partial charge in [0.25, 0.3) is 0 Å². The van der Waals surface area contributed by atoms with Crippen LogP contribution >= 0.6 is 0 Å². The molecule has 0 saturated heterocycles. The Bertz CT molecular complexity index is 542. The normalized spacial score (nSPS) is 12.4. The molecular formula is C18H18N2. The smallest absolute Gasteiger partial charge is 0.115 e. The second kappa shape index (κ2) is 7.28. The molecule has 0 heterocycles. The van der Waals surface area contributed by atoms with Crippen LogP contribution in [0, 0.1) is 11.3 Å². The summed E-state index contributed by atoms with van der Waals surface area (Å²) in [6.45, 7) is 1.92. The van der Waals surface area contributed by atoms with Crippen molar-refractivity contribution in [3.05, 3.63) is 83.9 Å². The van der Waals surface area contributed by atoms with Crippen molar-refractivity contribution in [3.8, 4) is 6.07 Å². The molecule has 0 saturated carbocycles. The van der Waals surface area contributed by atoms with Gasteiger partial charge in [-0.15, -0.1) is 0 Å². The van der Waals surface area contributed by atoms with Crippen LogP contribution in [0.5, 0.6) is 0 Å². The summed E-state index contributed by atoms with van der Waals surface area (Å²) in [5, 5.41) is 12.6. The minimum absolute atomic E-state index is 0.0123. The van der Waals surface area contributed by atoms with Crippen molar-refractivity contribution in [1.82, 2.24) is 5.32 Å². The Balaban J connectivity index is 2.33.